The van der Waals surface area contributed by atoms with Crippen LogP contribution in [0.4, 0.5) is 19.0 Å². The maximum atomic E-state index is 13.5. The fourth-order valence-corrected chi connectivity index (χ4v) is 5.72. The number of hydrogen-bond donors (Lipinski definition) is 2. The monoisotopic (exact) mass is 452 g/mol. The van der Waals surface area contributed by atoms with E-state index in [1.54, 1.807) is 18.7 Å². The highest BCUT2D eigenvalue weighted by Crippen LogP contribution is 2.78. The van der Waals surface area contributed by atoms with Crippen molar-refractivity contribution in [1.82, 2.24) is 14.8 Å². The predicted octanol–water partition coefficient (Wildman–Crippen LogP) is 2.34. The number of ether oxygens (including phenoxy) is 2. The van der Waals surface area contributed by atoms with Crippen LogP contribution in [0.5, 0.6) is 5.88 Å². The van der Waals surface area contributed by atoms with E-state index in [1.807, 2.05) is 13.1 Å². The molecule has 5 atom stereocenters. The number of fused-ring (bicyclic) bond motifs is 5. The van der Waals surface area contributed by atoms with Gasteiger partial charge in [-0.2, -0.15) is 23.3 Å². The molecule has 2 bridgehead atoms. The Balaban J connectivity index is 1.51. The van der Waals surface area contributed by atoms with Crippen molar-refractivity contribution in [3.05, 3.63) is 35.2 Å². The topological polar surface area (TPSA) is 98.5 Å². The number of nitrogens with zero attached hydrogens (tertiary/aromatic N) is 3. The Kier molecular flexibility index (Phi) is 4.42. The average Bonchev–Trinajstić information content (AvgIpc) is 2.92. The van der Waals surface area contributed by atoms with Crippen LogP contribution in [-0.4, -0.2) is 50.7 Å². The number of aliphatic hydroxyl groups excluding tert-OH is 1. The second-order valence-electron chi connectivity index (χ2n) is 8.73. The zero-order valence-electron chi connectivity index (χ0n) is 17.7. The predicted molar refractivity (Wildman–Crippen MR) is 105 cm³/mol. The minimum absolute atomic E-state index is 0.129. The molecule has 1 saturated carbocycles. The second kappa shape index (κ2) is 6.67. The van der Waals surface area contributed by atoms with E-state index < -0.39 is 46.8 Å². The van der Waals surface area contributed by atoms with Gasteiger partial charge in [0, 0.05) is 36.7 Å². The lowest BCUT2D eigenvalue weighted by atomic mass is 9.74. The first-order valence-electron chi connectivity index (χ1n) is 10.4. The molecule has 0 unspecified atom stereocenters. The SMILES string of the molecule is CCOc1cc(C(F)(F)F)cc(NC(=O)[C@]23C[C@@]2(c2cn(C)nc2C)[C@H]2O[C@@H]3C[C@@H]2O)n1. The molecule has 5 rings (SSSR count). The van der Waals surface area contributed by atoms with E-state index in [0.29, 0.717) is 12.8 Å². The molecule has 0 radical (unpaired) electrons. The molecule has 172 valence electrons. The van der Waals surface area contributed by atoms with Crippen LogP contribution >= 0.6 is 0 Å². The number of aryl methyl sites for hydroxylation is 2. The summed E-state index contributed by atoms with van der Waals surface area (Å²) in [5, 5.41) is 17.5. The highest BCUT2D eigenvalue weighted by Gasteiger charge is 2.87. The Morgan fingerprint density at radius 3 is 2.81 bits per heavy atom. The first-order valence-corrected chi connectivity index (χ1v) is 10.4. The van der Waals surface area contributed by atoms with Crippen molar-refractivity contribution in [3.63, 3.8) is 0 Å². The van der Waals surface area contributed by atoms with Crippen LogP contribution in [0.15, 0.2) is 18.3 Å². The van der Waals surface area contributed by atoms with Crippen molar-refractivity contribution in [2.24, 2.45) is 12.5 Å². The van der Waals surface area contributed by atoms with Crippen LogP contribution in [0.25, 0.3) is 0 Å². The molecule has 2 aromatic heterocycles. The summed E-state index contributed by atoms with van der Waals surface area (Å²) in [6.07, 6.45) is -3.94. The van der Waals surface area contributed by atoms with Gasteiger partial charge in [-0.05, 0) is 26.3 Å². The number of nitrogens with one attached hydrogen (secondary N) is 1. The number of aliphatic hydroxyl groups is 1. The van der Waals surface area contributed by atoms with E-state index in [0.717, 1.165) is 23.4 Å². The van der Waals surface area contributed by atoms with Crippen molar-refractivity contribution in [3.8, 4) is 5.88 Å². The fraction of sp³-hybridized carbons (Fsp3) is 0.571. The van der Waals surface area contributed by atoms with Gasteiger partial charge in [0.05, 0.1) is 41.6 Å². The summed E-state index contributed by atoms with van der Waals surface area (Å²) in [6.45, 7) is 3.59. The van der Waals surface area contributed by atoms with Crippen molar-refractivity contribution < 1.29 is 32.5 Å². The molecule has 2 saturated heterocycles. The number of rotatable bonds is 5. The first-order chi connectivity index (χ1) is 15.0. The summed E-state index contributed by atoms with van der Waals surface area (Å²) < 4.78 is 52.9. The molecule has 8 nitrogen and oxygen atoms in total. The normalized spacial score (nSPS) is 32.7. The van der Waals surface area contributed by atoms with Gasteiger partial charge in [0.15, 0.2) is 0 Å². The average molecular weight is 452 g/mol. The number of alkyl halides is 3. The van der Waals surface area contributed by atoms with Gasteiger partial charge in [-0.1, -0.05) is 0 Å². The van der Waals surface area contributed by atoms with E-state index in [9.17, 15) is 23.1 Å². The highest BCUT2D eigenvalue weighted by molar-refractivity contribution is 6.00. The lowest BCUT2D eigenvalue weighted by Gasteiger charge is -2.29. The van der Waals surface area contributed by atoms with Gasteiger partial charge in [-0.15, -0.1) is 0 Å². The maximum absolute atomic E-state index is 13.5. The number of carbonyl (C=O) groups excluding carboxylic acids is 1. The number of aromatic nitrogens is 3. The molecule has 2 aromatic rings. The summed E-state index contributed by atoms with van der Waals surface area (Å²) >= 11 is 0. The van der Waals surface area contributed by atoms with E-state index in [1.165, 1.54) is 0 Å². The Labute approximate surface area is 181 Å². The van der Waals surface area contributed by atoms with Crippen LogP contribution in [0.2, 0.25) is 0 Å². The minimum Gasteiger partial charge on any atom is -0.478 e. The molecule has 3 fully saturated rings. The molecule has 32 heavy (non-hydrogen) atoms. The number of anilines is 1. The van der Waals surface area contributed by atoms with Gasteiger partial charge >= 0.3 is 6.18 Å². The van der Waals surface area contributed by atoms with Crippen molar-refractivity contribution in [2.45, 2.75) is 56.6 Å². The van der Waals surface area contributed by atoms with E-state index in [2.05, 4.69) is 15.4 Å². The molecule has 1 aliphatic carbocycles. The second-order valence-corrected chi connectivity index (χ2v) is 8.73. The Hall–Kier alpha value is -2.66. The lowest BCUT2D eigenvalue weighted by Crippen LogP contribution is -2.44. The number of halogens is 3. The van der Waals surface area contributed by atoms with Crippen LogP contribution in [0, 0.1) is 12.3 Å². The summed E-state index contributed by atoms with van der Waals surface area (Å²) in [5.74, 6) is -0.941. The van der Waals surface area contributed by atoms with Gasteiger partial charge in [-0.3, -0.25) is 9.48 Å². The van der Waals surface area contributed by atoms with Crippen molar-refractivity contribution in [2.75, 3.05) is 11.9 Å². The molecular weight excluding hydrogens is 429 g/mol. The molecular formula is C21H23F3N4O4. The number of hydrogen-bond acceptors (Lipinski definition) is 6. The van der Waals surface area contributed by atoms with Crippen LogP contribution in [-0.2, 0) is 28.2 Å². The molecule has 3 aliphatic rings. The van der Waals surface area contributed by atoms with E-state index in [4.69, 9.17) is 9.47 Å². The molecule has 1 amide bonds. The third-order valence-corrected chi connectivity index (χ3v) is 6.94. The van der Waals surface area contributed by atoms with Gasteiger partial charge in [0.25, 0.3) is 0 Å². The van der Waals surface area contributed by atoms with Crippen LogP contribution < -0.4 is 10.1 Å². The van der Waals surface area contributed by atoms with Gasteiger partial charge in [0.2, 0.25) is 11.8 Å². The van der Waals surface area contributed by atoms with E-state index in [-0.39, 0.29) is 18.3 Å². The summed E-state index contributed by atoms with van der Waals surface area (Å²) in [5.41, 5.74) is -1.21. The van der Waals surface area contributed by atoms with Crippen LogP contribution in [0.3, 0.4) is 0 Å². The Morgan fingerprint density at radius 2 is 2.19 bits per heavy atom. The zero-order chi connectivity index (χ0) is 23.1. The maximum Gasteiger partial charge on any atom is 0.416 e. The van der Waals surface area contributed by atoms with Crippen LogP contribution in [0.1, 0.15) is 36.6 Å². The highest BCUT2D eigenvalue weighted by atomic mass is 19.4. The summed E-state index contributed by atoms with van der Waals surface area (Å²) in [4.78, 5) is 17.6. The Morgan fingerprint density at radius 1 is 1.44 bits per heavy atom. The van der Waals surface area contributed by atoms with E-state index >= 15 is 0 Å². The molecule has 2 N–H and O–H groups in total. The van der Waals surface area contributed by atoms with Gasteiger partial charge in [0.1, 0.15) is 5.82 Å². The van der Waals surface area contributed by atoms with Crippen molar-refractivity contribution >= 4 is 11.7 Å². The fourth-order valence-electron chi connectivity index (χ4n) is 5.72. The Bertz CT molecular complexity index is 1100. The first kappa shape index (κ1) is 21.2. The third-order valence-electron chi connectivity index (χ3n) is 6.94. The number of amides is 1. The standard InChI is InChI=1S/C21H23F3N4O4/c1-4-31-16-6-11(21(22,23)24)5-15(25-16)26-18(30)20-9-19(20,12-8-28(3)27-10(12)2)17-13(29)7-14(20)32-17/h5-6,8,13-14,17,29H,4,7,9H2,1-3H3,(H,25,26,30)/t13-,14+,17-,19+,20+/m0/s1. The summed E-state index contributed by atoms with van der Waals surface area (Å²) in [7, 11) is 1.77. The molecule has 2 aliphatic heterocycles. The molecule has 11 heteroatoms. The zero-order valence-corrected chi connectivity index (χ0v) is 17.7. The lowest BCUT2D eigenvalue weighted by molar-refractivity contribution is -0.137. The quantitative estimate of drug-likeness (QED) is 0.723. The molecule has 4 heterocycles. The largest absolute Gasteiger partial charge is 0.478 e. The third kappa shape index (κ3) is 2.73. The van der Waals surface area contributed by atoms with Gasteiger partial charge in [-0.25, -0.2) is 0 Å². The number of carbonyl (C=O) groups is 1. The number of pyridine rings is 1. The molecule has 0 aromatic carbocycles. The minimum atomic E-state index is -4.62. The van der Waals surface area contributed by atoms with Crippen molar-refractivity contribution in [1.29, 1.82) is 0 Å². The smallest absolute Gasteiger partial charge is 0.416 e. The summed E-state index contributed by atoms with van der Waals surface area (Å²) in [6, 6.07) is 1.59. The van der Waals surface area contributed by atoms with Gasteiger partial charge < -0.3 is 19.9 Å². The molecule has 0 spiro atoms.